The molecule has 1 N–H and O–H groups in total. The second kappa shape index (κ2) is 4.99. The van der Waals surface area contributed by atoms with E-state index in [9.17, 15) is 5.11 Å². The van der Waals surface area contributed by atoms with E-state index in [0.717, 1.165) is 36.8 Å². The molecule has 0 bridgehead atoms. The number of halogens is 1. The van der Waals surface area contributed by atoms with Crippen molar-refractivity contribution in [3.05, 3.63) is 28.7 Å². The highest BCUT2D eigenvalue weighted by molar-refractivity contribution is 9.10. The second-order valence-corrected chi connectivity index (χ2v) is 4.88. The van der Waals surface area contributed by atoms with Crippen molar-refractivity contribution in [2.45, 2.75) is 25.4 Å². The maximum Gasteiger partial charge on any atom is 0.0557 e. The van der Waals surface area contributed by atoms with Gasteiger partial charge in [-0.05, 0) is 47.3 Å². The van der Waals surface area contributed by atoms with Gasteiger partial charge < -0.3 is 10.0 Å². The van der Waals surface area contributed by atoms with Crippen LogP contribution in [0.5, 0.6) is 0 Å². The monoisotopic (exact) mass is 269 g/mol. The summed E-state index contributed by atoms with van der Waals surface area (Å²) < 4.78 is 1.14. The third-order valence-electron chi connectivity index (χ3n) is 2.89. The second-order valence-electron chi connectivity index (χ2n) is 4.02. The van der Waals surface area contributed by atoms with Crippen LogP contribution in [0.4, 0.5) is 5.69 Å². The highest BCUT2D eigenvalue weighted by Crippen LogP contribution is 2.27. The van der Waals surface area contributed by atoms with Crippen LogP contribution in [-0.4, -0.2) is 24.3 Å². The molecule has 0 radical (unpaired) electrons. The molecule has 0 spiro atoms. The molecule has 1 aliphatic heterocycles. The first-order chi connectivity index (χ1) is 7.27. The molecule has 0 saturated carbocycles. The van der Waals surface area contributed by atoms with E-state index in [-0.39, 0.29) is 6.10 Å². The molecule has 1 aliphatic rings. The van der Waals surface area contributed by atoms with Crippen LogP contribution in [0.1, 0.15) is 19.3 Å². The fourth-order valence-corrected chi connectivity index (χ4v) is 2.56. The van der Waals surface area contributed by atoms with Crippen LogP contribution in [0, 0.1) is 0 Å². The first kappa shape index (κ1) is 11.0. The maximum atomic E-state index is 9.58. The molecule has 2 nitrogen and oxygen atoms in total. The topological polar surface area (TPSA) is 23.5 Å². The minimum Gasteiger partial charge on any atom is -0.393 e. The minimum atomic E-state index is -0.113. The van der Waals surface area contributed by atoms with Crippen molar-refractivity contribution in [2.24, 2.45) is 0 Å². The van der Waals surface area contributed by atoms with Gasteiger partial charge in [0.15, 0.2) is 0 Å². The Balaban J connectivity index is 2.13. The van der Waals surface area contributed by atoms with Crippen LogP contribution in [0.3, 0.4) is 0 Å². The average molecular weight is 270 g/mol. The molecule has 1 atom stereocenters. The number of para-hydroxylation sites is 1. The van der Waals surface area contributed by atoms with E-state index in [0.29, 0.717) is 0 Å². The van der Waals surface area contributed by atoms with E-state index in [1.54, 1.807) is 0 Å². The molecular formula is C12H16BrNO. The van der Waals surface area contributed by atoms with Gasteiger partial charge in [-0.2, -0.15) is 0 Å². The van der Waals surface area contributed by atoms with Gasteiger partial charge in [0, 0.05) is 17.6 Å². The molecule has 82 valence electrons. The highest BCUT2D eigenvalue weighted by Gasteiger charge is 2.16. The SMILES string of the molecule is OC1CCCN(c2ccccc2Br)CC1. The third kappa shape index (κ3) is 2.73. The van der Waals surface area contributed by atoms with E-state index in [4.69, 9.17) is 0 Å². The molecule has 0 amide bonds. The fourth-order valence-electron chi connectivity index (χ4n) is 2.03. The number of aliphatic hydroxyl groups excluding tert-OH is 1. The summed E-state index contributed by atoms with van der Waals surface area (Å²) in [6.07, 6.45) is 2.77. The van der Waals surface area contributed by atoms with Crippen molar-refractivity contribution < 1.29 is 5.11 Å². The Labute approximate surface area is 99.0 Å². The quantitative estimate of drug-likeness (QED) is 0.848. The van der Waals surface area contributed by atoms with Crippen molar-refractivity contribution in [3.63, 3.8) is 0 Å². The molecule has 1 unspecified atom stereocenters. The van der Waals surface area contributed by atoms with Crippen LogP contribution in [0.2, 0.25) is 0 Å². The minimum absolute atomic E-state index is 0.113. The Morgan fingerprint density at radius 2 is 2.00 bits per heavy atom. The van der Waals surface area contributed by atoms with E-state index in [1.165, 1.54) is 5.69 Å². The average Bonchev–Trinajstić information content (AvgIpc) is 2.44. The largest absolute Gasteiger partial charge is 0.393 e. The Bertz CT molecular complexity index is 329. The summed E-state index contributed by atoms with van der Waals surface area (Å²) in [6, 6.07) is 8.28. The Kier molecular flexibility index (Phi) is 3.65. The van der Waals surface area contributed by atoms with E-state index < -0.39 is 0 Å². The smallest absolute Gasteiger partial charge is 0.0557 e. The summed E-state index contributed by atoms with van der Waals surface area (Å²) in [4.78, 5) is 2.35. The predicted molar refractivity (Wildman–Crippen MR) is 66.2 cm³/mol. The van der Waals surface area contributed by atoms with Crippen LogP contribution < -0.4 is 4.90 Å². The highest BCUT2D eigenvalue weighted by atomic mass is 79.9. The van der Waals surface area contributed by atoms with Gasteiger partial charge in [-0.15, -0.1) is 0 Å². The zero-order chi connectivity index (χ0) is 10.7. The molecular weight excluding hydrogens is 254 g/mol. The van der Waals surface area contributed by atoms with Gasteiger partial charge in [-0.25, -0.2) is 0 Å². The van der Waals surface area contributed by atoms with E-state index in [2.05, 4.69) is 39.0 Å². The summed E-state index contributed by atoms with van der Waals surface area (Å²) in [5, 5.41) is 9.58. The molecule has 2 rings (SSSR count). The molecule has 1 aromatic rings. The van der Waals surface area contributed by atoms with Gasteiger partial charge in [0.25, 0.3) is 0 Å². The number of nitrogens with zero attached hydrogens (tertiary/aromatic N) is 1. The lowest BCUT2D eigenvalue weighted by molar-refractivity contribution is 0.161. The lowest BCUT2D eigenvalue weighted by atomic mass is 10.2. The van der Waals surface area contributed by atoms with Crippen LogP contribution in [0.25, 0.3) is 0 Å². The summed E-state index contributed by atoms with van der Waals surface area (Å²) in [5.74, 6) is 0. The molecule has 1 aromatic carbocycles. The third-order valence-corrected chi connectivity index (χ3v) is 3.56. The van der Waals surface area contributed by atoms with E-state index >= 15 is 0 Å². The van der Waals surface area contributed by atoms with E-state index in [1.807, 2.05) is 6.07 Å². The summed E-state index contributed by atoms with van der Waals surface area (Å²) in [7, 11) is 0. The van der Waals surface area contributed by atoms with Crippen molar-refractivity contribution in [1.82, 2.24) is 0 Å². The molecule has 3 heteroatoms. The lowest BCUT2D eigenvalue weighted by Gasteiger charge is -2.23. The van der Waals surface area contributed by atoms with Crippen molar-refractivity contribution in [3.8, 4) is 0 Å². The van der Waals surface area contributed by atoms with Crippen molar-refractivity contribution in [1.29, 1.82) is 0 Å². The normalized spacial score (nSPS) is 22.5. The summed E-state index contributed by atoms with van der Waals surface area (Å²) in [5.41, 5.74) is 1.24. The van der Waals surface area contributed by atoms with Gasteiger partial charge in [-0.3, -0.25) is 0 Å². The zero-order valence-corrected chi connectivity index (χ0v) is 10.3. The van der Waals surface area contributed by atoms with Gasteiger partial charge in [0.05, 0.1) is 11.8 Å². The molecule has 1 heterocycles. The van der Waals surface area contributed by atoms with Crippen molar-refractivity contribution in [2.75, 3.05) is 18.0 Å². The Morgan fingerprint density at radius 3 is 2.80 bits per heavy atom. The zero-order valence-electron chi connectivity index (χ0n) is 8.69. The number of rotatable bonds is 1. The number of benzene rings is 1. The first-order valence-electron chi connectivity index (χ1n) is 5.45. The van der Waals surface area contributed by atoms with Crippen LogP contribution in [-0.2, 0) is 0 Å². The fraction of sp³-hybridized carbons (Fsp3) is 0.500. The van der Waals surface area contributed by atoms with Crippen LogP contribution >= 0.6 is 15.9 Å². The standard InChI is InChI=1S/C12H16BrNO/c13-11-5-1-2-6-12(11)14-8-3-4-10(15)7-9-14/h1-2,5-6,10,15H,3-4,7-9H2. The number of aliphatic hydroxyl groups is 1. The van der Waals surface area contributed by atoms with Gasteiger partial charge >= 0.3 is 0 Å². The van der Waals surface area contributed by atoms with Gasteiger partial charge in [0.2, 0.25) is 0 Å². The molecule has 1 saturated heterocycles. The predicted octanol–water partition coefficient (Wildman–Crippen LogP) is 2.80. The Morgan fingerprint density at radius 1 is 1.20 bits per heavy atom. The summed E-state index contributed by atoms with van der Waals surface area (Å²) in [6.45, 7) is 1.99. The molecule has 15 heavy (non-hydrogen) atoms. The van der Waals surface area contributed by atoms with Gasteiger partial charge in [0.1, 0.15) is 0 Å². The number of hydrogen-bond acceptors (Lipinski definition) is 2. The molecule has 0 aromatic heterocycles. The lowest BCUT2D eigenvalue weighted by Crippen LogP contribution is -2.24. The molecule has 1 fully saturated rings. The maximum absolute atomic E-state index is 9.58. The van der Waals surface area contributed by atoms with Gasteiger partial charge in [-0.1, -0.05) is 12.1 Å². The molecule has 0 aliphatic carbocycles. The Hall–Kier alpha value is -0.540. The number of hydrogen-bond donors (Lipinski definition) is 1. The van der Waals surface area contributed by atoms with Crippen molar-refractivity contribution >= 4 is 21.6 Å². The van der Waals surface area contributed by atoms with Crippen LogP contribution in [0.15, 0.2) is 28.7 Å². The summed E-state index contributed by atoms with van der Waals surface area (Å²) >= 11 is 3.57. The first-order valence-corrected chi connectivity index (χ1v) is 6.24. The number of anilines is 1.